The molecule has 23 heavy (non-hydrogen) atoms. The second-order valence-electron chi connectivity index (χ2n) is 5.34. The highest BCUT2D eigenvalue weighted by atomic mass is 16.5. The minimum absolute atomic E-state index is 0.316. The first-order valence-electron chi connectivity index (χ1n) is 7.83. The Morgan fingerprint density at radius 2 is 1.70 bits per heavy atom. The number of hydrogen-bond acceptors (Lipinski definition) is 4. The molecule has 0 aliphatic heterocycles. The highest BCUT2D eigenvalue weighted by molar-refractivity contribution is 5.82. The van der Waals surface area contributed by atoms with Gasteiger partial charge in [0, 0.05) is 0 Å². The molecule has 0 saturated heterocycles. The maximum absolute atomic E-state index is 12.1. The topological polar surface area (TPSA) is 61.5 Å². The summed E-state index contributed by atoms with van der Waals surface area (Å²) >= 11 is 0. The van der Waals surface area contributed by atoms with Crippen LogP contribution in [0.2, 0.25) is 0 Å². The summed E-state index contributed by atoms with van der Waals surface area (Å²) in [4.78, 5) is 12.1. The van der Waals surface area contributed by atoms with E-state index in [4.69, 9.17) is 15.2 Å². The highest BCUT2D eigenvalue weighted by Gasteiger charge is 2.35. The third-order valence-electron chi connectivity index (χ3n) is 3.82. The molecule has 0 spiro atoms. The molecular formula is C19H23NO3. The van der Waals surface area contributed by atoms with Gasteiger partial charge in [-0.15, -0.1) is 0 Å². The van der Waals surface area contributed by atoms with E-state index in [0.717, 1.165) is 16.9 Å². The van der Waals surface area contributed by atoms with Crippen molar-refractivity contribution in [2.75, 3.05) is 6.61 Å². The molecular weight excluding hydrogens is 290 g/mol. The number of hydrogen-bond donors (Lipinski definition) is 1. The SMILES string of the molecule is CCOC(=O)C(N)(CC)c1ccc(OCc2ccccc2)cc1. The first-order chi connectivity index (χ1) is 11.1. The molecule has 2 rings (SSSR count). The number of nitrogens with two attached hydrogens (primary N) is 1. The van der Waals surface area contributed by atoms with E-state index in [2.05, 4.69) is 0 Å². The number of carbonyl (C=O) groups excluding carboxylic acids is 1. The van der Waals surface area contributed by atoms with Crippen LogP contribution in [0, 0.1) is 0 Å². The first kappa shape index (κ1) is 17.0. The van der Waals surface area contributed by atoms with Crippen molar-refractivity contribution in [1.29, 1.82) is 0 Å². The Labute approximate surface area is 137 Å². The average molecular weight is 313 g/mol. The van der Waals surface area contributed by atoms with E-state index < -0.39 is 11.5 Å². The molecule has 0 aliphatic carbocycles. The molecule has 0 fully saturated rings. The number of ether oxygens (including phenoxy) is 2. The fraction of sp³-hybridized carbons (Fsp3) is 0.316. The van der Waals surface area contributed by atoms with Gasteiger partial charge in [0.25, 0.3) is 0 Å². The predicted molar refractivity (Wildman–Crippen MR) is 90.0 cm³/mol. The van der Waals surface area contributed by atoms with Gasteiger partial charge in [0.15, 0.2) is 0 Å². The Kier molecular flexibility index (Phi) is 5.77. The minimum Gasteiger partial charge on any atom is -0.489 e. The van der Waals surface area contributed by atoms with Crippen LogP contribution in [-0.2, 0) is 21.7 Å². The summed E-state index contributed by atoms with van der Waals surface area (Å²) < 4.78 is 10.8. The zero-order valence-corrected chi connectivity index (χ0v) is 13.6. The fourth-order valence-electron chi connectivity index (χ4n) is 2.32. The van der Waals surface area contributed by atoms with Crippen molar-refractivity contribution < 1.29 is 14.3 Å². The van der Waals surface area contributed by atoms with Crippen LogP contribution in [0.3, 0.4) is 0 Å². The monoisotopic (exact) mass is 313 g/mol. The van der Waals surface area contributed by atoms with E-state index in [1.165, 1.54) is 0 Å². The summed E-state index contributed by atoms with van der Waals surface area (Å²) in [5.41, 5.74) is 6.96. The summed E-state index contributed by atoms with van der Waals surface area (Å²) in [7, 11) is 0. The summed E-state index contributed by atoms with van der Waals surface area (Å²) in [6.07, 6.45) is 0.468. The lowest BCUT2D eigenvalue weighted by Crippen LogP contribution is -2.45. The van der Waals surface area contributed by atoms with E-state index in [1.54, 1.807) is 6.92 Å². The van der Waals surface area contributed by atoms with Gasteiger partial charge in [-0.1, -0.05) is 49.4 Å². The van der Waals surface area contributed by atoms with E-state index in [0.29, 0.717) is 19.6 Å². The molecule has 0 bridgehead atoms. The zero-order chi connectivity index (χ0) is 16.7. The van der Waals surface area contributed by atoms with E-state index >= 15 is 0 Å². The Morgan fingerprint density at radius 1 is 1.04 bits per heavy atom. The van der Waals surface area contributed by atoms with Gasteiger partial charge >= 0.3 is 5.97 Å². The molecule has 1 atom stereocenters. The van der Waals surface area contributed by atoms with Crippen LogP contribution in [0.4, 0.5) is 0 Å². The van der Waals surface area contributed by atoms with Gasteiger partial charge in [0.2, 0.25) is 0 Å². The summed E-state index contributed by atoms with van der Waals surface area (Å²) in [6, 6.07) is 17.2. The number of esters is 1. The number of carbonyl (C=O) groups is 1. The zero-order valence-electron chi connectivity index (χ0n) is 13.6. The Balaban J connectivity index is 2.07. The second kappa shape index (κ2) is 7.79. The summed E-state index contributed by atoms with van der Waals surface area (Å²) in [5, 5.41) is 0. The largest absolute Gasteiger partial charge is 0.489 e. The van der Waals surface area contributed by atoms with E-state index in [1.807, 2.05) is 61.5 Å². The van der Waals surface area contributed by atoms with Crippen molar-refractivity contribution in [3.63, 3.8) is 0 Å². The molecule has 4 heteroatoms. The van der Waals surface area contributed by atoms with Gasteiger partial charge in [-0.3, -0.25) is 0 Å². The van der Waals surface area contributed by atoms with Crippen molar-refractivity contribution >= 4 is 5.97 Å². The van der Waals surface area contributed by atoms with Crippen LogP contribution in [0.5, 0.6) is 5.75 Å². The molecule has 2 aromatic carbocycles. The number of rotatable bonds is 7. The van der Waals surface area contributed by atoms with Gasteiger partial charge < -0.3 is 15.2 Å². The lowest BCUT2D eigenvalue weighted by molar-refractivity contribution is -0.150. The molecule has 2 aromatic rings. The van der Waals surface area contributed by atoms with Crippen molar-refractivity contribution in [3.05, 3.63) is 65.7 Å². The van der Waals surface area contributed by atoms with Gasteiger partial charge in [-0.25, -0.2) is 4.79 Å². The normalized spacial score (nSPS) is 13.2. The lowest BCUT2D eigenvalue weighted by Gasteiger charge is -2.26. The first-order valence-corrected chi connectivity index (χ1v) is 7.83. The fourth-order valence-corrected chi connectivity index (χ4v) is 2.32. The van der Waals surface area contributed by atoms with Crippen LogP contribution in [0.1, 0.15) is 31.4 Å². The summed E-state index contributed by atoms with van der Waals surface area (Å²) in [6.45, 7) is 4.46. The third kappa shape index (κ3) is 4.11. The Bertz CT molecular complexity index is 625. The van der Waals surface area contributed by atoms with Crippen molar-refractivity contribution in [3.8, 4) is 5.75 Å². The molecule has 0 radical (unpaired) electrons. The quantitative estimate of drug-likeness (QED) is 0.796. The molecule has 0 aliphatic rings. The molecule has 0 amide bonds. The maximum Gasteiger partial charge on any atom is 0.330 e. The maximum atomic E-state index is 12.1. The van der Waals surface area contributed by atoms with Crippen molar-refractivity contribution in [1.82, 2.24) is 0 Å². The minimum atomic E-state index is -1.12. The average Bonchev–Trinajstić information content (AvgIpc) is 2.61. The molecule has 122 valence electrons. The van der Waals surface area contributed by atoms with Crippen molar-refractivity contribution in [2.24, 2.45) is 5.73 Å². The Morgan fingerprint density at radius 3 is 2.26 bits per heavy atom. The number of benzene rings is 2. The molecule has 0 saturated carbocycles. The van der Waals surface area contributed by atoms with Gasteiger partial charge in [-0.05, 0) is 36.6 Å². The smallest absolute Gasteiger partial charge is 0.330 e. The van der Waals surface area contributed by atoms with Crippen LogP contribution in [0.25, 0.3) is 0 Å². The standard InChI is InChI=1S/C19H23NO3/c1-3-19(20,18(21)22-4-2)16-10-12-17(13-11-16)23-14-15-8-6-5-7-9-15/h5-13H,3-4,14,20H2,1-2H3. The molecule has 0 heterocycles. The summed E-state index contributed by atoms with van der Waals surface area (Å²) in [5.74, 6) is 0.334. The third-order valence-corrected chi connectivity index (χ3v) is 3.82. The second-order valence-corrected chi connectivity index (χ2v) is 5.34. The highest BCUT2D eigenvalue weighted by Crippen LogP contribution is 2.26. The molecule has 4 nitrogen and oxygen atoms in total. The van der Waals surface area contributed by atoms with Crippen molar-refractivity contribution in [2.45, 2.75) is 32.4 Å². The van der Waals surface area contributed by atoms with E-state index in [-0.39, 0.29) is 0 Å². The van der Waals surface area contributed by atoms with Crippen LogP contribution in [-0.4, -0.2) is 12.6 Å². The molecule has 0 aromatic heterocycles. The lowest BCUT2D eigenvalue weighted by atomic mass is 9.88. The van der Waals surface area contributed by atoms with Gasteiger partial charge in [-0.2, -0.15) is 0 Å². The van der Waals surface area contributed by atoms with Gasteiger partial charge in [0.05, 0.1) is 6.61 Å². The molecule has 2 N–H and O–H groups in total. The van der Waals surface area contributed by atoms with Crippen LogP contribution >= 0.6 is 0 Å². The van der Waals surface area contributed by atoms with Crippen LogP contribution in [0.15, 0.2) is 54.6 Å². The Hall–Kier alpha value is -2.33. The predicted octanol–water partition coefficient (Wildman–Crippen LogP) is 3.39. The van der Waals surface area contributed by atoms with Crippen LogP contribution < -0.4 is 10.5 Å². The van der Waals surface area contributed by atoms with E-state index in [9.17, 15) is 4.79 Å². The van der Waals surface area contributed by atoms with Gasteiger partial charge in [0.1, 0.15) is 17.9 Å². The molecule has 1 unspecified atom stereocenters.